The fourth-order valence-corrected chi connectivity index (χ4v) is 2.51. The van der Waals surface area contributed by atoms with Crippen LogP contribution < -0.4 is 5.32 Å². The number of nitrogens with zero attached hydrogens (tertiary/aromatic N) is 1. The molecule has 1 aliphatic heterocycles. The van der Waals surface area contributed by atoms with E-state index >= 15 is 0 Å². The van der Waals surface area contributed by atoms with E-state index < -0.39 is 0 Å². The van der Waals surface area contributed by atoms with Gasteiger partial charge < -0.3 is 5.32 Å². The molecule has 1 N–H and O–H groups in total. The van der Waals surface area contributed by atoms with Gasteiger partial charge in [-0.3, -0.25) is 10.1 Å². The van der Waals surface area contributed by atoms with E-state index in [1.807, 2.05) is 13.0 Å². The van der Waals surface area contributed by atoms with Crippen molar-refractivity contribution in [2.45, 2.75) is 26.2 Å². The number of aryl methyl sites for hydroxylation is 1. The molecule has 92 valence electrons. The molecule has 0 aliphatic carbocycles. The standard InChI is InChI=1S/C13H18N2O2/c1-10-4-2-6-13(15(16)17)12(10)8-11-5-3-7-14-9-11/h2,4,6,11,14H,3,5,7-9H2,1H3. The van der Waals surface area contributed by atoms with Crippen LogP contribution in [0.2, 0.25) is 0 Å². The van der Waals surface area contributed by atoms with Gasteiger partial charge in [-0.1, -0.05) is 12.1 Å². The van der Waals surface area contributed by atoms with E-state index in [9.17, 15) is 10.1 Å². The molecule has 1 fully saturated rings. The average molecular weight is 234 g/mol. The van der Waals surface area contributed by atoms with Crippen LogP contribution in [-0.2, 0) is 6.42 Å². The Kier molecular flexibility index (Phi) is 3.74. The average Bonchev–Trinajstić information content (AvgIpc) is 2.33. The van der Waals surface area contributed by atoms with Gasteiger partial charge in [-0.05, 0) is 50.8 Å². The van der Waals surface area contributed by atoms with E-state index in [1.54, 1.807) is 12.1 Å². The highest BCUT2D eigenvalue weighted by Gasteiger charge is 2.20. The molecule has 1 saturated heterocycles. The fraction of sp³-hybridized carbons (Fsp3) is 0.538. The Morgan fingerprint density at radius 2 is 2.35 bits per heavy atom. The highest BCUT2D eigenvalue weighted by molar-refractivity contribution is 5.45. The highest BCUT2D eigenvalue weighted by Crippen LogP contribution is 2.26. The highest BCUT2D eigenvalue weighted by atomic mass is 16.6. The number of nitro benzene ring substituents is 1. The SMILES string of the molecule is Cc1cccc([N+](=O)[O-])c1CC1CCCNC1. The van der Waals surface area contributed by atoms with E-state index in [0.717, 1.165) is 30.6 Å². The monoisotopic (exact) mass is 234 g/mol. The zero-order chi connectivity index (χ0) is 12.3. The maximum absolute atomic E-state index is 11.0. The summed E-state index contributed by atoms with van der Waals surface area (Å²) in [5, 5.41) is 14.4. The molecule has 1 unspecified atom stereocenters. The molecule has 1 atom stereocenters. The summed E-state index contributed by atoms with van der Waals surface area (Å²) in [6.07, 6.45) is 3.15. The van der Waals surface area contributed by atoms with Crippen molar-refractivity contribution in [3.63, 3.8) is 0 Å². The van der Waals surface area contributed by atoms with Gasteiger partial charge in [-0.25, -0.2) is 0 Å². The maximum Gasteiger partial charge on any atom is 0.272 e. The van der Waals surface area contributed by atoms with Crippen LogP contribution >= 0.6 is 0 Å². The van der Waals surface area contributed by atoms with Crippen LogP contribution in [0, 0.1) is 23.0 Å². The van der Waals surface area contributed by atoms with Gasteiger partial charge in [0, 0.05) is 11.6 Å². The third kappa shape index (κ3) is 2.82. The van der Waals surface area contributed by atoms with Gasteiger partial charge in [0.05, 0.1) is 4.92 Å². The summed E-state index contributed by atoms with van der Waals surface area (Å²) in [6, 6.07) is 5.33. The van der Waals surface area contributed by atoms with E-state index in [-0.39, 0.29) is 10.6 Å². The predicted octanol–water partition coefficient (Wildman–Crippen LogP) is 2.45. The van der Waals surface area contributed by atoms with Crippen molar-refractivity contribution < 1.29 is 4.92 Å². The molecule has 4 nitrogen and oxygen atoms in total. The van der Waals surface area contributed by atoms with Crippen LogP contribution in [0.3, 0.4) is 0 Å². The van der Waals surface area contributed by atoms with Crippen LogP contribution in [0.15, 0.2) is 18.2 Å². The molecule has 1 aromatic rings. The van der Waals surface area contributed by atoms with Crippen LogP contribution in [0.1, 0.15) is 24.0 Å². The topological polar surface area (TPSA) is 55.2 Å². The van der Waals surface area contributed by atoms with Gasteiger partial charge >= 0.3 is 0 Å². The quantitative estimate of drug-likeness (QED) is 0.645. The summed E-state index contributed by atoms with van der Waals surface area (Å²) in [6.45, 7) is 4.01. The van der Waals surface area contributed by atoms with E-state index in [1.165, 1.54) is 12.8 Å². The van der Waals surface area contributed by atoms with E-state index in [0.29, 0.717) is 5.92 Å². The zero-order valence-corrected chi connectivity index (χ0v) is 10.1. The summed E-state index contributed by atoms with van der Waals surface area (Å²) >= 11 is 0. The minimum atomic E-state index is -0.265. The molecule has 0 spiro atoms. The van der Waals surface area contributed by atoms with E-state index in [2.05, 4.69) is 5.32 Å². The number of hydrogen-bond acceptors (Lipinski definition) is 3. The zero-order valence-electron chi connectivity index (χ0n) is 10.1. The lowest BCUT2D eigenvalue weighted by molar-refractivity contribution is -0.385. The number of benzene rings is 1. The van der Waals surface area contributed by atoms with Crippen molar-refractivity contribution in [1.29, 1.82) is 0 Å². The Morgan fingerprint density at radius 3 is 3.00 bits per heavy atom. The number of hydrogen-bond donors (Lipinski definition) is 1. The molecular weight excluding hydrogens is 216 g/mol. The molecule has 0 aromatic heterocycles. The third-order valence-corrected chi connectivity index (χ3v) is 3.47. The second-order valence-corrected chi connectivity index (χ2v) is 4.75. The largest absolute Gasteiger partial charge is 0.316 e. The minimum absolute atomic E-state index is 0.265. The molecule has 0 amide bonds. The Labute approximate surface area is 101 Å². The van der Waals surface area contributed by atoms with Gasteiger partial charge in [0.2, 0.25) is 0 Å². The Hall–Kier alpha value is -1.42. The van der Waals surface area contributed by atoms with Crippen LogP contribution in [0.25, 0.3) is 0 Å². The Balaban J connectivity index is 2.21. The molecule has 1 heterocycles. The number of nitrogens with one attached hydrogen (secondary N) is 1. The molecule has 1 aromatic carbocycles. The first kappa shape index (κ1) is 12.0. The van der Waals surface area contributed by atoms with Crippen molar-refractivity contribution in [3.05, 3.63) is 39.4 Å². The molecular formula is C13H18N2O2. The second-order valence-electron chi connectivity index (χ2n) is 4.75. The molecule has 0 radical (unpaired) electrons. The van der Waals surface area contributed by atoms with Crippen LogP contribution in [-0.4, -0.2) is 18.0 Å². The van der Waals surface area contributed by atoms with Crippen LogP contribution in [0.5, 0.6) is 0 Å². The summed E-state index contributed by atoms with van der Waals surface area (Å²) in [4.78, 5) is 10.7. The minimum Gasteiger partial charge on any atom is -0.316 e. The third-order valence-electron chi connectivity index (χ3n) is 3.47. The van der Waals surface area contributed by atoms with Crippen molar-refractivity contribution in [1.82, 2.24) is 5.32 Å². The van der Waals surface area contributed by atoms with E-state index in [4.69, 9.17) is 0 Å². The summed E-state index contributed by atoms with van der Waals surface area (Å²) in [7, 11) is 0. The van der Waals surface area contributed by atoms with Gasteiger partial charge in [0.25, 0.3) is 5.69 Å². The molecule has 0 saturated carbocycles. The Bertz CT molecular complexity index is 412. The van der Waals surface area contributed by atoms with Crippen molar-refractivity contribution in [2.75, 3.05) is 13.1 Å². The molecule has 2 rings (SSSR count). The van der Waals surface area contributed by atoms with Gasteiger partial charge in [-0.15, -0.1) is 0 Å². The fourth-order valence-electron chi connectivity index (χ4n) is 2.51. The molecule has 17 heavy (non-hydrogen) atoms. The van der Waals surface area contributed by atoms with Gasteiger partial charge in [0.15, 0.2) is 0 Å². The van der Waals surface area contributed by atoms with Gasteiger partial charge in [-0.2, -0.15) is 0 Å². The second kappa shape index (κ2) is 5.27. The van der Waals surface area contributed by atoms with Crippen molar-refractivity contribution in [2.24, 2.45) is 5.92 Å². The molecule has 1 aliphatic rings. The predicted molar refractivity (Wildman–Crippen MR) is 67.1 cm³/mol. The first-order chi connectivity index (χ1) is 8.18. The lowest BCUT2D eigenvalue weighted by atomic mass is 9.90. The summed E-state index contributed by atoms with van der Waals surface area (Å²) in [5.74, 6) is 0.531. The van der Waals surface area contributed by atoms with Gasteiger partial charge in [0.1, 0.15) is 0 Å². The first-order valence-electron chi connectivity index (χ1n) is 6.12. The number of rotatable bonds is 3. The van der Waals surface area contributed by atoms with Crippen molar-refractivity contribution >= 4 is 5.69 Å². The van der Waals surface area contributed by atoms with Crippen molar-refractivity contribution in [3.8, 4) is 0 Å². The Morgan fingerprint density at radius 1 is 1.53 bits per heavy atom. The summed E-state index contributed by atoms with van der Waals surface area (Å²) in [5.41, 5.74) is 2.21. The summed E-state index contributed by atoms with van der Waals surface area (Å²) < 4.78 is 0. The lowest BCUT2D eigenvalue weighted by Crippen LogP contribution is -2.31. The lowest BCUT2D eigenvalue weighted by Gasteiger charge is -2.23. The molecule has 0 bridgehead atoms. The first-order valence-corrected chi connectivity index (χ1v) is 6.12. The smallest absolute Gasteiger partial charge is 0.272 e. The number of piperidine rings is 1. The molecule has 4 heteroatoms. The normalized spacial score (nSPS) is 20.2. The maximum atomic E-state index is 11.0. The van der Waals surface area contributed by atoms with Crippen LogP contribution in [0.4, 0.5) is 5.69 Å². The number of nitro groups is 1.